The predicted molar refractivity (Wildman–Crippen MR) is 81.0 cm³/mol. The topological polar surface area (TPSA) is 15.3 Å². The van der Waals surface area contributed by atoms with Gasteiger partial charge in [-0.1, -0.05) is 27.7 Å². The van der Waals surface area contributed by atoms with Gasteiger partial charge in [0, 0.05) is 18.6 Å². The van der Waals surface area contributed by atoms with Crippen LogP contribution in [0.5, 0.6) is 0 Å². The van der Waals surface area contributed by atoms with Crippen molar-refractivity contribution in [2.24, 2.45) is 10.8 Å². The molecule has 0 radical (unpaired) electrons. The summed E-state index contributed by atoms with van der Waals surface area (Å²) in [6.45, 7) is 21.1. The molecule has 2 nitrogen and oxygen atoms in total. The maximum atomic E-state index is 3.64. The van der Waals surface area contributed by atoms with Gasteiger partial charge in [0.15, 0.2) is 0 Å². The molecule has 0 aromatic carbocycles. The van der Waals surface area contributed by atoms with E-state index in [0.717, 1.165) is 6.54 Å². The predicted octanol–water partition coefficient (Wildman–Crippen LogP) is 3.52. The van der Waals surface area contributed by atoms with Crippen LogP contribution in [-0.4, -0.2) is 36.6 Å². The fraction of sp³-hybridized carbons (Fsp3) is 1.00. The summed E-state index contributed by atoms with van der Waals surface area (Å²) in [5.41, 5.74) is 1.14. The van der Waals surface area contributed by atoms with Gasteiger partial charge in [-0.05, 0) is 57.5 Å². The van der Waals surface area contributed by atoms with Crippen LogP contribution in [-0.2, 0) is 0 Å². The normalized spacial score (nSPS) is 22.2. The lowest BCUT2D eigenvalue weighted by molar-refractivity contribution is 0.0918. The van der Waals surface area contributed by atoms with E-state index in [1.807, 2.05) is 0 Å². The second kappa shape index (κ2) is 5.50. The third-order valence-electron chi connectivity index (χ3n) is 3.96. The number of piperidine rings is 1. The maximum Gasteiger partial charge on any atom is 0.00967 e. The molecule has 1 aliphatic heterocycles. The molecule has 1 aliphatic rings. The Balaban J connectivity index is 2.37. The molecule has 1 rings (SSSR count). The summed E-state index contributed by atoms with van der Waals surface area (Å²) < 4.78 is 0. The van der Waals surface area contributed by atoms with Crippen molar-refractivity contribution in [1.29, 1.82) is 0 Å². The highest BCUT2D eigenvalue weighted by atomic mass is 15.1. The van der Waals surface area contributed by atoms with E-state index in [1.165, 1.54) is 32.5 Å². The molecular formula is C16H34N2. The van der Waals surface area contributed by atoms with Crippen molar-refractivity contribution in [1.82, 2.24) is 10.2 Å². The quantitative estimate of drug-likeness (QED) is 0.826. The van der Waals surface area contributed by atoms with E-state index in [0.29, 0.717) is 10.8 Å². The lowest BCUT2D eigenvalue weighted by Crippen LogP contribution is -2.48. The highest BCUT2D eigenvalue weighted by Gasteiger charge is 2.29. The Morgan fingerprint density at radius 1 is 1.00 bits per heavy atom. The Hall–Kier alpha value is -0.0800. The van der Waals surface area contributed by atoms with Crippen molar-refractivity contribution >= 4 is 0 Å². The van der Waals surface area contributed by atoms with Crippen LogP contribution in [0.1, 0.15) is 61.3 Å². The minimum atomic E-state index is 0.223. The average molecular weight is 254 g/mol. The molecule has 0 bridgehead atoms. The molecule has 0 unspecified atom stereocenters. The van der Waals surface area contributed by atoms with Gasteiger partial charge in [-0.25, -0.2) is 0 Å². The zero-order valence-corrected chi connectivity index (χ0v) is 13.7. The molecule has 1 heterocycles. The summed E-state index contributed by atoms with van der Waals surface area (Å²) in [4.78, 5) is 2.65. The minimum Gasteiger partial charge on any atom is -0.311 e. The number of rotatable bonds is 4. The van der Waals surface area contributed by atoms with Crippen LogP contribution in [0, 0.1) is 10.8 Å². The Morgan fingerprint density at radius 3 is 1.94 bits per heavy atom. The van der Waals surface area contributed by atoms with Crippen molar-refractivity contribution < 1.29 is 0 Å². The molecule has 0 saturated carbocycles. The Morgan fingerprint density at radius 2 is 1.50 bits per heavy atom. The molecule has 0 aliphatic carbocycles. The molecule has 0 atom stereocenters. The lowest BCUT2D eigenvalue weighted by atomic mass is 9.81. The average Bonchev–Trinajstić information content (AvgIpc) is 2.18. The van der Waals surface area contributed by atoms with Gasteiger partial charge in [0.2, 0.25) is 0 Å². The fourth-order valence-electron chi connectivity index (χ4n) is 2.48. The first kappa shape index (κ1) is 16.0. The Labute approximate surface area is 115 Å². The first-order valence-electron chi connectivity index (χ1n) is 7.47. The SMILES string of the molecule is CC1(C)CCN(CC(C)(C)CNC(C)(C)C)CC1. The Kier molecular flexibility index (Phi) is 4.88. The smallest absolute Gasteiger partial charge is 0.00967 e. The Bertz CT molecular complexity index is 251. The molecule has 1 fully saturated rings. The zero-order chi connectivity index (χ0) is 14.0. The van der Waals surface area contributed by atoms with Crippen molar-refractivity contribution in [2.75, 3.05) is 26.2 Å². The van der Waals surface area contributed by atoms with Crippen LogP contribution in [0.25, 0.3) is 0 Å². The third kappa shape index (κ3) is 6.19. The van der Waals surface area contributed by atoms with Crippen LogP contribution in [0.2, 0.25) is 0 Å². The van der Waals surface area contributed by atoms with Crippen LogP contribution in [0.15, 0.2) is 0 Å². The second-order valence-corrected chi connectivity index (χ2v) is 8.71. The number of hydrogen-bond acceptors (Lipinski definition) is 2. The largest absolute Gasteiger partial charge is 0.311 e. The summed E-state index contributed by atoms with van der Waals surface area (Å²) in [7, 11) is 0. The highest BCUT2D eigenvalue weighted by Crippen LogP contribution is 2.31. The van der Waals surface area contributed by atoms with Crippen LogP contribution in [0.3, 0.4) is 0 Å². The summed E-state index contributed by atoms with van der Waals surface area (Å²) in [6.07, 6.45) is 2.69. The van der Waals surface area contributed by atoms with Gasteiger partial charge in [0.1, 0.15) is 0 Å². The van der Waals surface area contributed by atoms with Gasteiger partial charge >= 0.3 is 0 Å². The van der Waals surface area contributed by atoms with Gasteiger partial charge in [0.25, 0.3) is 0 Å². The summed E-state index contributed by atoms with van der Waals surface area (Å²) in [6, 6.07) is 0. The molecule has 1 N–H and O–H groups in total. The number of hydrogen-bond donors (Lipinski definition) is 1. The van der Waals surface area contributed by atoms with E-state index >= 15 is 0 Å². The standard InChI is InChI=1S/C16H34N2/c1-14(2,3)17-12-16(6,7)13-18-10-8-15(4,5)9-11-18/h17H,8-13H2,1-7H3. The van der Waals surface area contributed by atoms with E-state index < -0.39 is 0 Å². The van der Waals surface area contributed by atoms with E-state index in [9.17, 15) is 0 Å². The second-order valence-electron chi connectivity index (χ2n) is 8.71. The maximum absolute atomic E-state index is 3.64. The van der Waals surface area contributed by atoms with Crippen molar-refractivity contribution in [3.63, 3.8) is 0 Å². The molecule has 0 amide bonds. The minimum absolute atomic E-state index is 0.223. The number of nitrogens with zero attached hydrogens (tertiary/aromatic N) is 1. The molecule has 18 heavy (non-hydrogen) atoms. The monoisotopic (exact) mass is 254 g/mol. The summed E-state index contributed by atoms with van der Waals surface area (Å²) in [5.74, 6) is 0. The van der Waals surface area contributed by atoms with E-state index in [4.69, 9.17) is 0 Å². The van der Waals surface area contributed by atoms with Crippen LogP contribution < -0.4 is 5.32 Å². The zero-order valence-electron chi connectivity index (χ0n) is 13.7. The van der Waals surface area contributed by atoms with Crippen molar-refractivity contribution in [3.8, 4) is 0 Å². The first-order valence-corrected chi connectivity index (χ1v) is 7.47. The molecular weight excluding hydrogens is 220 g/mol. The summed E-state index contributed by atoms with van der Waals surface area (Å²) >= 11 is 0. The number of likely N-dealkylation sites (tertiary alicyclic amines) is 1. The third-order valence-corrected chi connectivity index (χ3v) is 3.96. The van der Waals surface area contributed by atoms with Gasteiger partial charge in [-0.2, -0.15) is 0 Å². The van der Waals surface area contributed by atoms with Gasteiger partial charge in [-0.3, -0.25) is 0 Å². The molecule has 0 aromatic rings. The van der Waals surface area contributed by atoms with Crippen LogP contribution >= 0.6 is 0 Å². The van der Waals surface area contributed by atoms with E-state index in [1.54, 1.807) is 0 Å². The van der Waals surface area contributed by atoms with E-state index in [-0.39, 0.29) is 5.54 Å². The molecule has 0 aromatic heterocycles. The van der Waals surface area contributed by atoms with Crippen molar-refractivity contribution in [3.05, 3.63) is 0 Å². The summed E-state index contributed by atoms with van der Waals surface area (Å²) in [5, 5.41) is 3.64. The molecule has 1 saturated heterocycles. The lowest BCUT2D eigenvalue weighted by Gasteiger charge is -2.41. The van der Waals surface area contributed by atoms with E-state index in [2.05, 4.69) is 58.7 Å². The first-order chi connectivity index (χ1) is 7.99. The van der Waals surface area contributed by atoms with Gasteiger partial charge in [-0.15, -0.1) is 0 Å². The van der Waals surface area contributed by atoms with Crippen molar-refractivity contribution in [2.45, 2.75) is 66.8 Å². The molecule has 0 spiro atoms. The van der Waals surface area contributed by atoms with Gasteiger partial charge < -0.3 is 10.2 Å². The van der Waals surface area contributed by atoms with Gasteiger partial charge in [0.05, 0.1) is 0 Å². The van der Waals surface area contributed by atoms with Crippen LogP contribution in [0.4, 0.5) is 0 Å². The highest BCUT2D eigenvalue weighted by molar-refractivity contribution is 4.84. The molecule has 2 heteroatoms. The number of nitrogens with one attached hydrogen (secondary N) is 1. The molecule has 108 valence electrons. The fourth-order valence-corrected chi connectivity index (χ4v) is 2.48.